The van der Waals surface area contributed by atoms with Gasteiger partial charge in [-0.3, -0.25) is 4.99 Å². The fourth-order valence-corrected chi connectivity index (χ4v) is 5.25. The summed E-state index contributed by atoms with van der Waals surface area (Å²) in [5.41, 5.74) is 0.191. The van der Waals surface area contributed by atoms with Crippen molar-refractivity contribution in [3.63, 3.8) is 0 Å². The lowest BCUT2D eigenvalue weighted by atomic mass is 9.55. The highest BCUT2D eigenvalue weighted by molar-refractivity contribution is 14.0. The molecular formula is C20H37IN4O. The topological polar surface area (TPSA) is 48.9 Å². The van der Waals surface area contributed by atoms with Crippen molar-refractivity contribution in [2.45, 2.75) is 70.6 Å². The van der Waals surface area contributed by atoms with E-state index in [-0.39, 0.29) is 29.4 Å². The molecule has 4 aliphatic rings. The van der Waals surface area contributed by atoms with Crippen molar-refractivity contribution >= 4 is 29.9 Å². The first-order valence-electron chi connectivity index (χ1n) is 10.4. The number of hydrogen-bond donors (Lipinski definition) is 2. The summed E-state index contributed by atoms with van der Waals surface area (Å²) < 4.78 is 6.03. The molecule has 4 rings (SSSR count). The first-order chi connectivity index (χ1) is 12.1. The predicted octanol–water partition coefficient (Wildman–Crippen LogP) is 2.85. The summed E-state index contributed by atoms with van der Waals surface area (Å²) in [6.07, 6.45) is 8.27. The molecule has 5 nitrogen and oxygen atoms in total. The zero-order chi connectivity index (χ0) is 17.4. The van der Waals surface area contributed by atoms with Crippen LogP contribution in [0.4, 0.5) is 0 Å². The second-order valence-electron chi connectivity index (χ2n) is 9.28. The van der Waals surface area contributed by atoms with E-state index in [0.717, 1.165) is 18.5 Å². The standard InChI is InChI=1S/C20H36N4O.HI/c1-20(2)17(16-5-4-12-25-18(16)20)23-19(21-3)22-15-8-10-24(11-9-15)13-14-6-7-14;/h14-18H,4-13H2,1-3H3,(H2,21,22,23);1H. The molecule has 4 fully saturated rings. The second kappa shape index (κ2) is 8.52. The Morgan fingerprint density at radius 1 is 1.12 bits per heavy atom. The number of piperidine rings is 1. The Kier molecular flexibility index (Phi) is 6.76. The van der Waals surface area contributed by atoms with Crippen LogP contribution in [0.25, 0.3) is 0 Å². The van der Waals surface area contributed by atoms with Crippen LogP contribution >= 0.6 is 24.0 Å². The maximum absolute atomic E-state index is 6.03. The summed E-state index contributed by atoms with van der Waals surface area (Å²) in [7, 11) is 1.90. The van der Waals surface area contributed by atoms with Crippen molar-refractivity contribution in [2.75, 3.05) is 33.3 Å². The fourth-order valence-electron chi connectivity index (χ4n) is 5.25. The van der Waals surface area contributed by atoms with Crippen molar-refractivity contribution < 1.29 is 4.74 Å². The minimum Gasteiger partial charge on any atom is -0.377 e. The number of nitrogens with one attached hydrogen (secondary N) is 2. The van der Waals surface area contributed by atoms with Crippen LogP contribution < -0.4 is 10.6 Å². The van der Waals surface area contributed by atoms with Gasteiger partial charge in [0.1, 0.15) is 0 Å². The van der Waals surface area contributed by atoms with Crippen LogP contribution in [-0.4, -0.2) is 62.3 Å². The van der Waals surface area contributed by atoms with Crippen molar-refractivity contribution in [1.82, 2.24) is 15.5 Å². The number of ether oxygens (including phenoxy) is 1. The van der Waals surface area contributed by atoms with E-state index in [1.807, 2.05) is 7.05 Å². The summed E-state index contributed by atoms with van der Waals surface area (Å²) in [6, 6.07) is 1.03. The number of nitrogens with zero attached hydrogens (tertiary/aromatic N) is 2. The second-order valence-corrected chi connectivity index (χ2v) is 9.28. The van der Waals surface area contributed by atoms with Crippen molar-refractivity contribution in [1.29, 1.82) is 0 Å². The van der Waals surface area contributed by atoms with Gasteiger partial charge in [0.15, 0.2) is 5.96 Å². The molecule has 3 unspecified atom stereocenters. The largest absolute Gasteiger partial charge is 0.377 e. The van der Waals surface area contributed by atoms with Crippen LogP contribution in [-0.2, 0) is 4.74 Å². The van der Waals surface area contributed by atoms with Gasteiger partial charge < -0.3 is 20.3 Å². The van der Waals surface area contributed by atoms with Gasteiger partial charge in [-0.05, 0) is 44.4 Å². The third kappa shape index (κ3) is 4.32. The zero-order valence-corrected chi connectivity index (χ0v) is 19.0. The molecule has 0 aromatic carbocycles. The first-order valence-corrected chi connectivity index (χ1v) is 10.4. The van der Waals surface area contributed by atoms with Crippen molar-refractivity contribution in [3.05, 3.63) is 0 Å². The molecule has 0 radical (unpaired) electrons. The van der Waals surface area contributed by atoms with Gasteiger partial charge in [-0.2, -0.15) is 0 Å². The average molecular weight is 476 g/mol. The van der Waals surface area contributed by atoms with Gasteiger partial charge in [0.05, 0.1) is 6.10 Å². The fraction of sp³-hybridized carbons (Fsp3) is 0.950. The third-order valence-corrected chi connectivity index (χ3v) is 6.99. The number of hydrogen-bond acceptors (Lipinski definition) is 3. The van der Waals surface area contributed by atoms with Crippen LogP contribution in [0.15, 0.2) is 4.99 Å². The Morgan fingerprint density at radius 2 is 1.85 bits per heavy atom. The van der Waals surface area contributed by atoms with Crippen LogP contribution in [0.3, 0.4) is 0 Å². The van der Waals surface area contributed by atoms with E-state index in [4.69, 9.17) is 4.74 Å². The van der Waals surface area contributed by atoms with Crippen LogP contribution in [0, 0.1) is 17.3 Å². The van der Waals surface area contributed by atoms with Gasteiger partial charge >= 0.3 is 0 Å². The molecule has 0 amide bonds. The Bertz CT molecular complexity index is 500. The number of fused-ring (bicyclic) bond motifs is 1. The molecule has 2 heterocycles. The molecule has 150 valence electrons. The maximum Gasteiger partial charge on any atom is 0.191 e. The number of halogens is 1. The number of rotatable bonds is 4. The van der Waals surface area contributed by atoms with E-state index in [2.05, 4.69) is 34.4 Å². The Morgan fingerprint density at radius 3 is 2.50 bits per heavy atom. The molecule has 3 atom stereocenters. The molecule has 6 heteroatoms. The highest BCUT2D eigenvalue weighted by Crippen LogP contribution is 2.51. The zero-order valence-electron chi connectivity index (χ0n) is 16.7. The van der Waals surface area contributed by atoms with E-state index in [0.29, 0.717) is 24.1 Å². The molecule has 0 aromatic heterocycles. The van der Waals surface area contributed by atoms with Gasteiger partial charge in [-0.25, -0.2) is 0 Å². The highest BCUT2D eigenvalue weighted by Gasteiger charge is 2.58. The minimum atomic E-state index is 0. The number of likely N-dealkylation sites (tertiary alicyclic amines) is 1. The summed E-state index contributed by atoms with van der Waals surface area (Å²) in [5, 5.41) is 7.44. The highest BCUT2D eigenvalue weighted by atomic mass is 127. The first kappa shape index (κ1) is 20.6. The molecular weight excluding hydrogens is 439 g/mol. The quantitative estimate of drug-likeness (QED) is 0.372. The van der Waals surface area contributed by atoms with Crippen molar-refractivity contribution in [3.8, 4) is 0 Å². The van der Waals surface area contributed by atoms with E-state index >= 15 is 0 Å². The van der Waals surface area contributed by atoms with Crippen LogP contribution in [0.1, 0.15) is 52.4 Å². The Labute approximate surface area is 176 Å². The molecule has 2 saturated heterocycles. The molecule has 0 bridgehead atoms. The smallest absolute Gasteiger partial charge is 0.191 e. The van der Waals surface area contributed by atoms with Gasteiger partial charge in [-0.15, -0.1) is 24.0 Å². The van der Waals surface area contributed by atoms with Gasteiger partial charge in [0, 0.05) is 56.7 Å². The molecule has 2 aliphatic heterocycles. The van der Waals surface area contributed by atoms with Gasteiger partial charge in [0.25, 0.3) is 0 Å². The van der Waals surface area contributed by atoms with E-state index < -0.39 is 0 Å². The summed E-state index contributed by atoms with van der Waals surface area (Å²) >= 11 is 0. The molecule has 2 N–H and O–H groups in total. The molecule has 0 aromatic rings. The molecule has 2 aliphatic carbocycles. The number of aliphatic imine (C=N–C) groups is 1. The molecule has 2 saturated carbocycles. The monoisotopic (exact) mass is 476 g/mol. The molecule has 0 spiro atoms. The Hall–Kier alpha value is -0.0800. The third-order valence-electron chi connectivity index (χ3n) is 6.99. The maximum atomic E-state index is 6.03. The lowest BCUT2D eigenvalue weighted by Gasteiger charge is -2.60. The lowest BCUT2D eigenvalue weighted by Crippen LogP contribution is -2.71. The van der Waals surface area contributed by atoms with Crippen LogP contribution in [0.5, 0.6) is 0 Å². The minimum absolute atomic E-state index is 0. The Balaban J connectivity index is 0.00000196. The SMILES string of the molecule is CN=C(NC1CCN(CC2CC2)CC1)NC1C2CCCOC2C1(C)C.I. The van der Waals surface area contributed by atoms with Crippen LogP contribution in [0.2, 0.25) is 0 Å². The molecule has 26 heavy (non-hydrogen) atoms. The van der Waals surface area contributed by atoms with Gasteiger partial charge in [-0.1, -0.05) is 13.8 Å². The van der Waals surface area contributed by atoms with E-state index in [9.17, 15) is 0 Å². The summed E-state index contributed by atoms with van der Waals surface area (Å²) in [5.74, 6) is 2.64. The van der Waals surface area contributed by atoms with Crippen molar-refractivity contribution in [2.24, 2.45) is 22.2 Å². The van der Waals surface area contributed by atoms with E-state index in [1.54, 1.807) is 0 Å². The normalized spacial score (nSPS) is 35.0. The average Bonchev–Trinajstić information content (AvgIpc) is 3.44. The summed E-state index contributed by atoms with van der Waals surface area (Å²) in [4.78, 5) is 7.18. The van der Waals surface area contributed by atoms with E-state index in [1.165, 1.54) is 58.2 Å². The van der Waals surface area contributed by atoms with Gasteiger partial charge in [0.2, 0.25) is 0 Å². The predicted molar refractivity (Wildman–Crippen MR) is 117 cm³/mol. The lowest BCUT2D eigenvalue weighted by molar-refractivity contribution is -0.188. The summed E-state index contributed by atoms with van der Waals surface area (Å²) in [6.45, 7) is 9.40. The number of guanidine groups is 1.